The van der Waals surface area contributed by atoms with Crippen LogP contribution in [0.1, 0.15) is 12.0 Å². The molecular weight excluding hydrogens is 278 g/mol. The van der Waals surface area contributed by atoms with Crippen molar-refractivity contribution < 1.29 is 0 Å². The Hall–Kier alpha value is -2.18. The largest absolute Gasteiger partial charge is 0.383 e. The van der Waals surface area contributed by atoms with Gasteiger partial charge in [-0.1, -0.05) is 12.1 Å². The molecule has 0 aliphatic carbocycles. The van der Waals surface area contributed by atoms with Gasteiger partial charge in [-0.25, -0.2) is 4.79 Å². The second-order valence-corrected chi connectivity index (χ2v) is 6.27. The van der Waals surface area contributed by atoms with E-state index in [1.54, 1.807) is 12.3 Å². The van der Waals surface area contributed by atoms with Crippen LogP contribution in [0.2, 0.25) is 0 Å². The van der Waals surface area contributed by atoms with E-state index < -0.39 is 0 Å². The van der Waals surface area contributed by atoms with Crippen LogP contribution in [0, 0.1) is 0 Å². The second kappa shape index (κ2) is 4.93. The first-order valence-corrected chi connectivity index (χ1v) is 7.56. The zero-order valence-corrected chi connectivity index (χ0v) is 12.3. The normalized spacial score (nSPS) is 24.0. The van der Waals surface area contributed by atoms with Gasteiger partial charge in [0.2, 0.25) is 0 Å². The topological polar surface area (TPSA) is 86.1 Å². The maximum absolute atomic E-state index is 11.8. The molecule has 6 nitrogen and oxygen atoms in total. The number of nitrogens with zero attached hydrogens (tertiary/aromatic N) is 3. The highest BCUT2D eigenvalue weighted by Gasteiger charge is 2.47. The highest BCUT2D eigenvalue weighted by Crippen LogP contribution is 2.30. The minimum Gasteiger partial charge on any atom is -0.383 e. The zero-order chi connectivity index (χ0) is 15.2. The molecule has 22 heavy (non-hydrogen) atoms. The minimum absolute atomic E-state index is 0.245. The maximum Gasteiger partial charge on any atom is 0.354 e. The van der Waals surface area contributed by atoms with Crippen molar-refractivity contribution in [3.05, 3.63) is 52.6 Å². The Morgan fingerprint density at radius 1 is 1.27 bits per heavy atom. The standard InChI is InChI=1S/C16H19N5O/c17-14-5-7-21(15(22)19-14)13-3-1-12(2-4-13)9-20-8-6-16(11-20)10-18-16/h1-5,7,18H,6,8-11H2,(H2,17,19,22). The van der Waals surface area contributed by atoms with Gasteiger partial charge in [-0.15, -0.1) is 0 Å². The number of hydrogen-bond acceptors (Lipinski definition) is 5. The maximum atomic E-state index is 11.8. The first-order chi connectivity index (χ1) is 10.6. The van der Waals surface area contributed by atoms with Crippen molar-refractivity contribution in [2.75, 3.05) is 25.4 Å². The number of anilines is 1. The molecule has 0 amide bonds. The number of nitrogen functional groups attached to an aromatic ring is 1. The van der Waals surface area contributed by atoms with Gasteiger partial charge in [-0.3, -0.25) is 9.47 Å². The van der Waals surface area contributed by atoms with Crippen molar-refractivity contribution >= 4 is 5.82 Å². The summed E-state index contributed by atoms with van der Waals surface area (Å²) in [7, 11) is 0. The molecule has 1 aromatic heterocycles. The van der Waals surface area contributed by atoms with Gasteiger partial charge in [0.15, 0.2) is 0 Å². The van der Waals surface area contributed by atoms with E-state index >= 15 is 0 Å². The van der Waals surface area contributed by atoms with Gasteiger partial charge in [0.25, 0.3) is 0 Å². The molecular formula is C16H19N5O. The molecule has 1 unspecified atom stereocenters. The van der Waals surface area contributed by atoms with Crippen LogP contribution in [0.5, 0.6) is 0 Å². The van der Waals surface area contributed by atoms with E-state index in [2.05, 4.69) is 27.3 Å². The summed E-state index contributed by atoms with van der Waals surface area (Å²) in [5.74, 6) is 0.245. The average molecular weight is 297 g/mol. The Balaban J connectivity index is 1.49. The Kier molecular flexibility index (Phi) is 3.02. The smallest absolute Gasteiger partial charge is 0.354 e. The number of rotatable bonds is 3. The Labute approximate surface area is 128 Å². The van der Waals surface area contributed by atoms with Gasteiger partial charge in [-0.2, -0.15) is 4.98 Å². The summed E-state index contributed by atoms with van der Waals surface area (Å²) in [4.78, 5) is 18.1. The van der Waals surface area contributed by atoms with Crippen LogP contribution in [0.4, 0.5) is 5.82 Å². The van der Waals surface area contributed by atoms with Crippen LogP contribution in [0.25, 0.3) is 5.69 Å². The summed E-state index contributed by atoms with van der Waals surface area (Å²) in [6.45, 7) is 4.40. The molecule has 6 heteroatoms. The lowest BCUT2D eigenvalue weighted by Gasteiger charge is -2.15. The zero-order valence-electron chi connectivity index (χ0n) is 12.3. The van der Waals surface area contributed by atoms with Crippen molar-refractivity contribution in [1.29, 1.82) is 0 Å². The number of nitrogens with one attached hydrogen (secondary N) is 1. The van der Waals surface area contributed by atoms with E-state index in [4.69, 9.17) is 5.73 Å². The van der Waals surface area contributed by atoms with Crippen molar-refractivity contribution in [2.24, 2.45) is 0 Å². The molecule has 2 aliphatic heterocycles. The third kappa shape index (κ3) is 2.51. The minimum atomic E-state index is -0.353. The summed E-state index contributed by atoms with van der Waals surface area (Å²) >= 11 is 0. The van der Waals surface area contributed by atoms with E-state index in [0.717, 1.165) is 31.9 Å². The summed E-state index contributed by atoms with van der Waals surface area (Å²) in [6.07, 6.45) is 2.90. The molecule has 2 saturated heterocycles. The first-order valence-electron chi connectivity index (χ1n) is 7.56. The van der Waals surface area contributed by atoms with Crippen LogP contribution >= 0.6 is 0 Å². The number of benzene rings is 1. The predicted molar refractivity (Wildman–Crippen MR) is 84.9 cm³/mol. The summed E-state index contributed by atoms with van der Waals surface area (Å²) < 4.78 is 1.50. The van der Waals surface area contributed by atoms with E-state index in [0.29, 0.717) is 5.54 Å². The molecule has 2 fully saturated rings. The highest BCUT2D eigenvalue weighted by atomic mass is 16.1. The lowest BCUT2D eigenvalue weighted by atomic mass is 10.1. The van der Waals surface area contributed by atoms with E-state index in [1.165, 1.54) is 16.6 Å². The summed E-state index contributed by atoms with van der Waals surface area (Å²) in [5.41, 5.74) is 7.65. The third-order valence-corrected chi connectivity index (χ3v) is 4.56. The van der Waals surface area contributed by atoms with Gasteiger partial charge in [0.05, 0.1) is 5.69 Å². The van der Waals surface area contributed by atoms with E-state index in [9.17, 15) is 4.79 Å². The van der Waals surface area contributed by atoms with Gasteiger partial charge >= 0.3 is 5.69 Å². The van der Waals surface area contributed by atoms with E-state index in [1.807, 2.05) is 12.1 Å². The fraction of sp³-hybridized carbons (Fsp3) is 0.375. The van der Waals surface area contributed by atoms with Gasteiger partial charge < -0.3 is 11.1 Å². The quantitative estimate of drug-likeness (QED) is 0.799. The molecule has 114 valence electrons. The lowest BCUT2D eigenvalue weighted by Crippen LogP contribution is -2.24. The number of aromatic nitrogens is 2. The summed E-state index contributed by atoms with van der Waals surface area (Å²) in [5, 5.41) is 3.47. The van der Waals surface area contributed by atoms with Crippen molar-refractivity contribution in [2.45, 2.75) is 18.5 Å². The van der Waals surface area contributed by atoms with E-state index in [-0.39, 0.29) is 11.5 Å². The van der Waals surface area contributed by atoms with Gasteiger partial charge in [-0.05, 0) is 30.2 Å². The molecule has 0 radical (unpaired) electrons. The van der Waals surface area contributed by atoms with Crippen LogP contribution in [-0.4, -0.2) is 39.6 Å². The summed E-state index contributed by atoms with van der Waals surface area (Å²) in [6, 6.07) is 9.68. The molecule has 0 bridgehead atoms. The molecule has 1 aromatic carbocycles. The van der Waals surface area contributed by atoms with Crippen molar-refractivity contribution in [3.8, 4) is 5.69 Å². The van der Waals surface area contributed by atoms with Crippen molar-refractivity contribution in [1.82, 2.24) is 19.8 Å². The average Bonchev–Trinajstić information content (AvgIpc) is 3.14. The Morgan fingerprint density at radius 2 is 2.05 bits per heavy atom. The molecule has 2 aromatic rings. The third-order valence-electron chi connectivity index (χ3n) is 4.56. The second-order valence-electron chi connectivity index (χ2n) is 6.27. The van der Waals surface area contributed by atoms with Crippen LogP contribution < -0.4 is 16.7 Å². The monoisotopic (exact) mass is 297 g/mol. The fourth-order valence-electron chi connectivity index (χ4n) is 3.14. The molecule has 2 aliphatic rings. The molecule has 1 spiro atoms. The van der Waals surface area contributed by atoms with Crippen LogP contribution in [-0.2, 0) is 6.54 Å². The molecule has 3 heterocycles. The van der Waals surface area contributed by atoms with Gasteiger partial charge in [0, 0.05) is 37.9 Å². The van der Waals surface area contributed by atoms with Crippen LogP contribution in [0.3, 0.4) is 0 Å². The molecule has 3 N–H and O–H groups in total. The number of likely N-dealkylation sites (tertiary alicyclic amines) is 1. The SMILES string of the molecule is Nc1ccn(-c2ccc(CN3CCC4(CN4)C3)cc2)c(=O)n1. The van der Waals surface area contributed by atoms with Gasteiger partial charge in [0.1, 0.15) is 5.82 Å². The number of nitrogens with two attached hydrogens (primary N) is 1. The highest BCUT2D eigenvalue weighted by molar-refractivity contribution is 5.36. The predicted octanol–water partition coefficient (Wildman–Crippen LogP) is 0.362. The Bertz CT molecular complexity index is 748. The van der Waals surface area contributed by atoms with Crippen LogP contribution in [0.15, 0.2) is 41.3 Å². The Morgan fingerprint density at radius 3 is 2.68 bits per heavy atom. The fourth-order valence-corrected chi connectivity index (χ4v) is 3.14. The molecule has 4 rings (SSSR count). The molecule has 1 atom stereocenters. The van der Waals surface area contributed by atoms with Crippen molar-refractivity contribution in [3.63, 3.8) is 0 Å². The first kappa shape index (κ1) is 13.5. The lowest BCUT2D eigenvalue weighted by molar-refractivity contribution is 0.323. The molecule has 0 saturated carbocycles. The number of hydrogen-bond donors (Lipinski definition) is 2.